The molecule has 6 N–H and O–H groups in total. The molecule has 7 atom stereocenters. The molecule has 0 radical (unpaired) electrons. The molecule has 3 aliphatic heterocycles. The first-order valence-corrected chi connectivity index (χ1v) is 29.1. The van der Waals surface area contributed by atoms with Gasteiger partial charge < -0.3 is 20.2 Å². The van der Waals surface area contributed by atoms with E-state index in [-0.39, 0.29) is 11.8 Å². The first kappa shape index (κ1) is 52.0. The van der Waals surface area contributed by atoms with E-state index in [1.165, 1.54) is 16.8 Å². The van der Waals surface area contributed by atoms with Crippen molar-refractivity contribution < 1.29 is 36.9 Å². The quantitative estimate of drug-likeness (QED) is 0.0780. The molecule has 3 aromatic heterocycles. The van der Waals surface area contributed by atoms with Crippen LogP contribution in [0.2, 0.25) is 15.1 Å². The minimum Gasteiger partial charge on any atom is -0.388 e. The average Bonchev–Trinajstić information content (AvgIpc) is 4.16. The Morgan fingerprint density at radius 1 is 0.592 bits per heavy atom. The summed E-state index contributed by atoms with van der Waals surface area (Å²) in [5, 5.41) is 57.8. The molecule has 6 aromatic rings. The number of rotatable bonds is 10. The number of halogens is 3. The number of benzene rings is 3. The van der Waals surface area contributed by atoms with Gasteiger partial charge in [-0.15, -0.1) is 0 Å². The molecular weight excluding hydrogens is 1010 g/mol. The number of aliphatic hydroxyl groups excluding tert-OH is 3. The average molecular weight is 1080 g/mol. The second kappa shape index (κ2) is 21.2. The van der Waals surface area contributed by atoms with Gasteiger partial charge in [0.15, 0.2) is 0 Å². The fraction of sp³-hybridized carbons (Fsp3) is 0.551. The Hall–Kier alpha value is -3.89. The van der Waals surface area contributed by atoms with E-state index in [1.54, 1.807) is 48.0 Å². The molecule has 71 heavy (non-hydrogen) atoms. The molecule has 2 saturated carbocycles. The van der Waals surface area contributed by atoms with Gasteiger partial charge in [0.1, 0.15) is 0 Å². The Morgan fingerprint density at radius 2 is 0.958 bits per heavy atom. The number of amides is 1. The zero-order chi connectivity index (χ0) is 50.5. The summed E-state index contributed by atoms with van der Waals surface area (Å²) in [4.78, 5) is 13.6. The lowest BCUT2D eigenvalue weighted by Crippen LogP contribution is -2.44. The molecule has 5 aliphatic rings. The van der Waals surface area contributed by atoms with Crippen molar-refractivity contribution in [2.45, 2.75) is 76.6 Å². The highest BCUT2D eigenvalue weighted by molar-refractivity contribution is 7.88. The summed E-state index contributed by atoms with van der Waals surface area (Å²) in [6, 6.07) is 10.8. The lowest BCUT2D eigenvalue weighted by Gasteiger charge is -2.38. The number of H-pyrrole nitrogens is 3. The first-order chi connectivity index (χ1) is 33.7. The maximum atomic E-state index is 11.9. The van der Waals surface area contributed by atoms with Crippen molar-refractivity contribution in [1.29, 1.82) is 0 Å². The number of hydrogen-bond donors (Lipinski definition) is 6. The summed E-state index contributed by atoms with van der Waals surface area (Å²) in [6.07, 6.45) is 12.7. The van der Waals surface area contributed by atoms with Crippen molar-refractivity contribution in [3.8, 4) is 0 Å². The van der Waals surface area contributed by atoms with Crippen LogP contribution in [-0.2, 0) is 24.8 Å². The largest absolute Gasteiger partial charge is 0.388 e. The van der Waals surface area contributed by atoms with Gasteiger partial charge in [0.25, 0.3) is 0 Å². The third-order valence-corrected chi connectivity index (χ3v) is 19.2. The van der Waals surface area contributed by atoms with Crippen molar-refractivity contribution in [2.75, 3.05) is 51.8 Å². The third-order valence-electron chi connectivity index (χ3n) is 16.0. The summed E-state index contributed by atoms with van der Waals surface area (Å²) < 4.78 is 49.9. The van der Waals surface area contributed by atoms with Crippen LogP contribution in [0.4, 0.5) is 0 Å². The van der Waals surface area contributed by atoms with Gasteiger partial charge in [-0.2, -0.15) is 15.3 Å². The fourth-order valence-corrected chi connectivity index (χ4v) is 14.9. The predicted octanol–water partition coefficient (Wildman–Crippen LogP) is 7.62. The van der Waals surface area contributed by atoms with Crippen molar-refractivity contribution in [3.05, 3.63) is 86.7 Å². The molecule has 17 nitrogen and oxygen atoms in total. The Bertz CT molecular complexity index is 3080. The molecule has 6 heterocycles. The molecule has 22 heteroatoms. The van der Waals surface area contributed by atoms with E-state index in [0.29, 0.717) is 96.0 Å². The zero-order valence-electron chi connectivity index (χ0n) is 39.9. The number of carbonyl (C=O) groups is 1. The lowest BCUT2D eigenvalue weighted by atomic mass is 9.80. The number of sulfonamides is 2. The van der Waals surface area contributed by atoms with E-state index < -0.39 is 38.4 Å². The van der Waals surface area contributed by atoms with E-state index in [0.717, 1.165) is 94.6 Å². The summed E-state index contributed by atoms with van der Waals surface area (Å²) in [7, 11) is -6.30. The molecule has 7 unspecified atom stereocenters. The van der Waals surface area contributed by atoms with Crippen LogP contribution in [0.25, 0.3) is 32.7 Å². The van der Waals surface area contributed by atoms with E-state index in [9.17, 15) is 36.9 Å². The normalized spacial score (nSPS) is 25.5. The lowest BCUT2D eigenvalue weighted by molar-refractivity contribution is -0.132. The number of nitrogens with one attached hydrogen (secondary N) is 3. The van der Waals surface area contributed by atoms with Gasteiger partial charge in [-0.25, -0.2) is 25.4 Å². The number of nitrogens with zero attached hydrogens (tertiary/aromatic N) is 6. The Balaban J connectivity index is 0.000000132. The molecule has 1 amide bonds. The molecule has 3 aromatic carbocycles. The second-order valence-corrected chi connectivity index (χ2v) is 25.7. The number of likely N-dealkylation sites (tertiary alicyclic amines) is 1. The molecule has 4 bridgehead atoms. The van der Waals surface area contributed by atoms with Gasteiger partial charge >= 0.3 is 0 Å². The number of aromatic amines is 3. The number of carbonyl (C=O) groups excluding carboxylic acids is 1. The van der Waals surface area contributed by atoms with Crippen LogP contribution >= 0.6 is 34.8 Å². The SMILES string of the molecule is CC(=O)N1CC2CCC(C1)C2CC(O)c1cc(Cl)cc2cn[nH]c12.CS(=O)(=O)N1CC2CCC(C1)C2CC(O)c1cc(Cl)cc2cn[nH]c12.CS(=O)(=O)N1CCC(C(O)c2cc(Cl)cc3cn[nH]c23)CC1. The Labute approximate surface area is 428 Å². The minimum absolute atomic E-state index is 0.00275. The highest BCUT2D eigenvalue weighted by Crippen LogP contribution is 2.48. The summed E-state index contributed by atoms with van der Waals surface area (Å²) >= 11 is 18.5. The van der Waals surface area contributed by atoms with E-state index >= 15 is 0 Å². The maximum Gasteiger partial charge on any atom is 0.219 e. The first-order valence-electron chi connectivity index (χ1n) is 24.3. The third kappa shape index (κ3) is 11.4. The van der Waals surface area contributed by atoms with Crippen LogP contribution in [0.5, 0.6) is 0 Å². The van der Waals surface area contributed by atoms with Crippen LogP contribution < -0.4 is 0 Å². The summed E-state index contributed by atoms with van der Waals surface area (Å²) in [5.74, 6) is 2.61. The molecule has 11 rings (SSSR count). The number of aliphatic hydroxyl groups is 3. The van der Waals surface area contributed by atoms with Gasteiger partial charge in [-0.1, -0.05) is 34.8 Å². The monoisotopic (exact) mass is 1070 g/mol. The summed E-state index contributed by atoms with van der Waals surface area (Å²) in [5.41, 5.74) is 4.77. The van der Waals surface area contributed by atoms with Crippen molar-refractivity contribution >= 4 is 93.5 Å². The zero-order valence-corrected chi connectivity index (χ0v) is 43.8. The fourth-order valence-electron chi connectivity index (χ4n) is 12.4. The molecule has 0 spiro atoms. The van der Waals surface area contributed by atoms with Crippen LogP contribution in [0.15, 0.2) is 55.0 Å². The van der Waals surface area contributed by atoms with Crippen LogP contribution in [0.1, 0.15) is 93.3 Å². The van der Waals surface area contributed by atoms with Crippen molar-refractivity contribution in [1.82, 2.24) is 44.1 Å². The Kier molecular flexibility index (Phi) is 15.5. The van der Waals surface area contributed by atoms with E-state index in [4.69, 9.17) is 34.8 Å². The highest BCUT2D eigenvalue weighted by atomic mass is 35.5. The van der Waals surface area contributed by atoms with Gasteiger partial charge in [0, 0.05) is 94.1 Å². The molecule has 384 valence electrons. The van der Waals surface area contributed by atoms with E-state index in [2.05, 4.69) is 30.6 Å². The molecule has 5 fully saturated rings. The number of piperidine rings is 3. The molecule has 2 aliphatic carbocycles. The topological polar surface area (TPSA) is 242 Å². The smallest absolute Gasteiger partial charge is 0.219 e. The Morgan fingerprint density at radius 3 is 1.34 bits per heavy atom. The maximum absolute atomic E-state index is 11.9. The molecular formula is C49H62Cl3N9O8S2. The number of aromatic nitrogens is 6. The van der Waals surface area contributed by atoms with Gasteiger partial charge in [-0.3, -0.25) is 20.1 Å². The van der Waals surface area contributed by atoms with Crippen LogP contribution in [0, 0.1) is 41.4 Å². The minimum atomic E-state index is -3.16. The summed E-state index contributed by atoms with van der Waals surface area (Å²) in [6.45, 7) is 5.33. The number of hydrogen-bond acceptors (Lipinski definition) is 11. The van der Waals surface area contributed by atoms with Gasteiger partial charge in [0.05, 0.1) is 66.0 Å². The molecule has 3 saturated heterocycles. The van der Waals surface area contributed by atoms with E-state index in [1.807, 2.05) is 23.1 Å². The van der Waals surface area contributed by atoms with Crippen molar-refractivity contribution in [3.63, 3.8) is 0 Å². The van der Waals surface area contributed by atoms with Gasteiger partial charge in [0.2, 0.25) is 26.0 Å². The second-order valence-electron chi connectivity index (χ2n) is 20.5. The van der Waals surface area contributed by atoms with Crippen LogP contribution in [0.3, 0.4) is 0 Å². The van der Waals surface area contributed by atoms with Gasteiger partial charge in [-0.05, 0) is 129 Å². The highest BCUT2D eigenvalue weighted by Gasteiger charge is 2.46. The predicted molar refractivity (Wildman–Crippen MR) is 275 cm³/mol. The van der Waals surface area contributed by atoms with Crippen LogP contribution in [-0.4, -0.2) is 134 Å². The number of fused-ring (bicyclic) bond motifs is 7. The van der Waals surface area contributed by atoms with Crippen molar-refractivity contribution in [2.24, 2.45) is 41.4 Å². The standard InChI is InChI=1S/C18H22ClN3O2.C17H22ClN3O3S.C14H18ClN3O3S/c1-10(23)22-8-11-2-3-12(9-22)15(11)6-17(24)16-5-14(19)4-13-7-20-21-18(13)16;1-25(23,24)21-8-10-2-3-11(9-21)14(10)6-16(22)15-5-13(18)4-12-7-19-20-17(12)15;1-22(20,21)18-4-2-9(3-5-18)14(19)12-7-11(15)6-10-8-16-17-13(10)12/h4-5,7,11-12,15,17,24H,2-3,6,8-9H2,1H3,(H,20,21);4-5,7,10-11,14,16,22H,2-3,6,8-9H2,1H3,(H,19,20);6-9,14,19H,2-5H2,1H3,(H,16,17).